The molecule has 192 valence electrons. The van der Waals surface area contributed by atoms with Gasteiger partial charge < -0.3 is 9.15 Å². The Morgan fingerprint density at radius 2 is 1.84 bits per heavy atom. The van der Waals surface area contributed by atoms with Crippen molar-refractivity contribution < 1.29 is 27.9 Å². The highest BCUT2D eigenvalue weighted by molar-refractivity contribution is 5.96. The molecule has 0 bridgehead atoms. The van der Waals surface area contributed by atoms with Gasteiger partial charge in [0.2, 0.25) is 5.76 Å². The Bertz CT molecular complexity index is 1530. The first-order chi connectivity index (χ1) is 18.3. The summed E-state index contributed by atoms with van der Waals surface area (Å²) in [5, 5.41) is 0. The molecule has 5 rings (SSSR count). The average Bonchev–Trinajstić information content (AvgIpc) is 3.49. The lowest BCUT2D eigenvalue weighted by atomic mass is 9.75. The van der Waals surface area contributed by atoms with E-state index in [9.17, 15) is 9.59 Å². The van der Waals surface area contributed by atoms with Gasteiger partial charge in [-0.05, 0) is 61.7 Å². The Morgan fingerprint density at radius 1 is 1.08 bits per heavy atom. The Kier molecular flexibility index (Phi) is 6.72. The molecule has 0 saturated carbocycles. The summed E-state index contributed by atoms with van der Waals surface area (Å²) >= 11 is 0. The van der Waals surface area contributed by atoms with Gasteiger partial charge in [0.25, 0.3) is 5.76 Å². The molecule has 6 nitrogen and oxygen atoms in total. The minimum atomic E-state index is -0.415. The molecule has 3 aromatic rings. The molecule has 0 amide bonds. The number of fused-ring (bicyclic) bond motifs is 1. The standard InChI is InChI=1S/C32H29O6/c1-6-35-31(34)29-21(5)36-32-28(30(29)22-10-8-7-9-11-22)20(4)27(38-32)16-25-12-13-26(37-25)23-14-18(2)19(3)24(15-23)17-33/h7-17,28,30H,4,6H2,1-3,5H3/q+1/b27-16-. The lowest BCUT2D eigenvalue weighted by Crippen LogP contribution is -2.33. The van der Waals surface area contributed by atoms with E-state index in [0.29, 0.717) is 45.7 Å². The van der Waals surface area contributed by atoms with Crippen LogP contribution in [0.5, 0.6) is 0 Å². The van der Waals surface area contributed by atoms with E-state index in [4.69, 9.17) is 18.3 Å². The number of rotatable bonds is 6. The van der Waals surface area contributed by atoms with E-state index in [1.54, 1.807) is 19.9 Å². The van der Waals surface area contributed by atoms with Crippen LogP contribution in [0.3, 0.4) is 0 Å². The molecule has 3 heterocycles. The lowest BCUT2D eigenvalue weighted by Gasteiger charge is -2.26. The Balaban J connectivity index is 1.51. The van der Waals surface area contributed by atoms with E-state index < -0.39 is 11.9 Å². The molecule has 0 spiro atoms. The predicted octanol–water partition coefficient (Wildman–Crippen LogP) is 6.62. The highest BCUT2D eigenvalue weighted by Crippen LogP contribution is 2.47. The number of hydrogen-bond acceptors (Lipinski definition) is 5. The molecule has 2 unspecified atom stereocenters. The van der Waals surface area contributed by atoms with Crippen LogP contribution in [0.15, 0.2) is 88.3 Å². The first-order valence-electron chi connectivity index (χ1n) is 12.5. The third kappa shape index (κ3) is 4.43. The molecule has 2 atom stereocenters. The van der Waals surface area contributed by atoms with Crippen molar-refractivity contribution in [2.24, 2.45) is 5.92 Å². The summed E-state index contributed by atoms with van der Waals surface area (Å²) in [6, 6.07) is 17.3. The first-order valence-corrected chi connectivity index (χ1v) is 12.5. The van der Waals surface area contributed by atoms with Crippen LogP contribution in [-0.2, 0) is 18.7 Å². The maximum absolute atomic E-state index is 13.0. The van der Waals surface area contributed by atoms with Crippen molar-refractivity contribution in [3.8, 4) is 11.3 Å². The van der Waals surface area contributed by atoms with Gasteiger partial charge >= 0.3 is 11.9 Å². The van der Waals surface area contributed by atoms with Crippen LogP contribution in [0.25, 0.3) is 17.4 Å². The van der Waals surface area contributed by atoms with Crippen molar-refractivity contribution in [1.29, 1.82) is 0 Å². The number of esters is 2. The number of carbonyl (C=O) groups is 2. The minimum Gasteiger partial charge on any atom is -0.462 e. The van der Waals surface area contributed by atoms with E-state index >= 15 is 0 Å². The SMILES string of the molecule is C=C1/C(=C/c2ccc(-c3cc(C)c(C)c(C=O)c3)o2)[O+]=C2OC(C)=C(C(=O)OCC)C(c3ccccc3)C12. The second kappa shape index (κ2) is 10.1. The second-order valence-electron chi connectivity index (χ2n) is 9.44. The number of aryl methyl sites for hydroxylation is 1. The van der Waals surface area contributed by atoms with Crippen LogP contribution in [0.4, 0.5) is 0 Å². The fourth-order valence-corrected chi connectivity index (χ4v) is 5.03. The molecular formula is C32H29O6+. The Morgan fingerprint density at radius 3 is 2.55 bits per heavy atom. The minimum absolute atomic E-state index is 0.261. The van der Waals surface area contributed by atoms with E-state index in [2.05, 4.69) is 6.58 Å². The van der Waals surface area contributed by atoms with Gasteiger partial charge in [0, 0.05) is 29.5 Å². The fourth-order valence-electron chi connectivity index (χ4n) is 5.03. The summed E-state index contributed by atoms with van der Waals surface area (Å²) in [5.41, 5.74) is 5.49. The largest absolute Gasteiger partial charge is 0.506 e. The number of aldehydes is 1. The summed E-state index contributed by atoms with van der Waals surface area (Å²) in [5.74, 6) is 1.32. The van der Waals surface area contributed by atoms with Crippen LogP contribution in [0, 0.1) is 19.8 Å². The predicted molar refractivity (Wildman–Crippen MR) is 144 cm³/mol. The summed E-state index contributed by atoms with van der Waals surface area (Å²) in [4.78, 5) is 24.5. The van der Waals surface area contributed by atoms with E-state index in [0.717, 1.165) is 28.5 Å². The van der Waals surface area contributed by atoms with Crippen LogP contribution < -0.4 is 0 Å². The maximum atomic E-state index is 13.0. The fraction of sp³-hybridized carbons (Fsp3) is 0.219. The number of carbonyl (C=O) groups excluding carboxylic acids is 3. The van der Waals surface area contributed by atoms with Crippen molar-refractivity contribution in [2.45, 2.75) is 33.6 Å². The number of furan rings is 1. The molecule has 2 aromatic carbocycles. The monoisotopic (exact) mass is 509 g/mol. The zero-order valence-corrected chi connectivity index (χ0v) is 21.9. The molecule has 38 heavy (non-hydrogen) atoms. The van der Waals surface area contributed by atoms with Crippen molar-refractivity contribution in [3.63, 3.8) is 0 Å². The van der Waals surface area contributed by atoms with Gasteiger partial charge in [0.05, 0.1) is 12.7 Å². The van der Waals surface area contributed by atoms with E-state index in [1.807, 2.05) is 68.4 Å². The number of allylic oxidation sites excluding steroid dienone is 2. The van der Waals surface area contributed by atoms with Gasteiger partial charge in [-0.15, -0.1) is 0 Å². The summed E-state index contributed by atoms with van der Waals surface area (Å²) in [7, 11) is 0. The lowest BCUT2D eigenvalue weighted by molar-refractivity contribution is -0.396. The molecule has 6 heteroatoms. The molecule has 0 radical (unpaired) electrons. The topological polar surface area (TPSA) is 77.0 Å². The van der Waals surface area contributed by atoms with Crippen molar-refractivity contribution in [1.82, 2.24) is 0 Å². The number of benzene rings is 2. The smallest absolute Gasteiger partial charge is 0.462 e. The Labute approximate surface area is 221 Å². The van der Waals surface area contributed by atoms with Gasteiger partial charge in [-0.3, -0.25) is 14.0 Å². The molecule has 0 saturated heterocycles. The third-order valence-corrected chi connectivity index (χ3v) is 7.11. The van der Waals surface area contributed by atoms with Gasteiger partial charge in [-0.1, -0.05) is 36.9 Å². The molecule has 0 aliphatic carbocycles. The van der Waals surface area contributed by atoms with Crippen LogP contribution in [-0.4, -0.2) is 24.8 Å². The van der Waals surface area contributed by atoms with Crippen molar-refractivity contribution in [2.75, 3.05) is 6.61 Å². The molecule has 2 aliphatic heterocycles. The van der Waals surface area contributed by atoms with Gasteiger partial charge in [0.1, 0.15) is 23.4 Å². The van der Waals surface area contributed by atoms with Gasteiger partial charge in [-0.2, -0.15) is 0 Å². The molecule has 2 aliphatic rings. The molecule has 1 aromatic heterocycles. The quantitative estimate of drug-likeness (QED) is 0.212. The Hall–Kier alpha value is -4.45. The average molecular weight is 510 g/mol. The van der Waals surface area contributed by atoms with E-state index in [1.165, 1.54) is 0 Å². The molecular weight excluding hydrogens is 480 g/mol. The highest BCUT2D eigenvalue weighted by atomic mass is 16.6. The third-order valence-electron chi connectivity index (χ3n) is 7.11. The number of hydrogen-bond donors (Lipinski definition) is 0. The highest BCUT2D eigenvalue weighted by Gasteiger charge is 2.55. The van der Waals surface area contributed by atoms with Crippen LogP contribution in [0.1, 0.15) is 52.6 Å². The summed E-state index contributed by atoms with van der Waals surface area (Å²) in [6.45, 7) is 12.0. The van der Waals surface area contributed by atoms with Crippen LogP contribution in [0.2, 0.25) is 0 Å². The second-order valence-corrected chi connectivity index (χ2v) is 9.44. The number of ether oxygens (including phenoxy) is 2. The molecule has 0 fully saturated rings. The normalized spacial score (nSPS) is 19.7. The van der Waals surface area contributed by atoms with E-state index in [-0.39, 0.29) is 12.5 Å². The zero-order valence-electron chi connectivity index (χ0n) is 21.9. The summed E-state index contributed by atoms with van der Waals surface area (Å²) < 4.78 is 23.6. The zero-order chi connectivity index (χ0) is 27.0. The van der Waals surface area contributed by atoms with Gasteiger partial charge in [-0.25, -0.2) is 4.79 Å². The van der Waals surface area contributed by atoms with Gasteiger partial charge in [0.15, 0.2) is 5.92 Å². The van der Waals surface area contributed by atoms with Crippen molar-refractivity contribution >= 4 is 24.3 Å². The maximum Gasteiger partial charge on any atom is 0.506 e. The molecule has 0 N–H and O–H groups in total. The summed E-state index contributed by atoms with van der Waals surface area (Å²) in [6.07, 6.45) is 2.63. The van der Waals surface area contributed by atoms with Crippen molar-refractivity contribution in [3.05, 3.63) is 112 Å². The first kappa shape index (κ1) is 25.2. The van der Waals surface area contributed by atoms with Crippen LogP contribution >= 0.6 is 0 Å².